The number of hydrogen-bond acceptors (Lipinski definition) is 1. The molecule has 0 amide bonds. The standard InChI is InChI=1S/C49H28S/c1-3-13-34-29(9-1)19-24-39-40-25-20-30-10-2-4-14-35(30)48(40)49(47(34)39)42-17-6-5-15-36(42)37-23-21-33(28-43(37)49)32-22-26-44-41(27-32)38-16-7-11-31-12-8-18-45(50-44)46(31)38/h1-28H. The fourth-order valence-electron chi connectivity index (χ4n) is 9.67. The van der Waals surface area contributed by atoms with Crippen LogP contribution in [0, 0.1) is 0 Å². The molecule has 0 saturated heterocycles. The van der Waals surface area contributed by atoms with Crippen molar-refractivity contribution in [2.45, 2.75) is 15.2 Å². The van der Waals surface area contributed by atoms with Gasteiger partial charge in [-0.05, 0) is 118 Å². The zero-order valence-electron chi connectivity index (χ0n) is 27.1. The highest BCUT2D eigenvalue weighted by Gasteiger charge is 2.53. The second-order valence-electron chi connectivity index (χ2n) is 13.9. The fraction of sp³-hybridized carbons (Fsp3) is 0.0204. The molecule has 1 heteroatoms. The van der Waals surface area contributed by atoms with Crippen LogP contribution >= 0.6 is 11.8 Å². The molecule has 0 aromatic heterocycles. The van der Waals surface area contributed by atoms with E-state index in [1.54, 1.807) is 0 Å². The van der Waals surface area contributed by atoms with E-state index in [9.17, 15) is 0 Å². The lowest BCUT2D eigenvalue weighted by molar-refractivity contribution is 0.809. The number of fused-ring (bicyclic) bond motifs is 16. The topological polar surface area (TPSA) is 0 Å². The van der Waals surface area contributed by atoms with Crippen molar-refractivity contribution in [2.75, 3.05) is 0 Å². The van der Waals surface area contributed by atoms with Crippen molar-refractivity contribution in [1.82, 2.24) is 0 Å². The third-order valence-electron chi connectivity index (χ3n) is 11.6. The lowest BCUT2D eigenvalue weighted by Crippen LogP contribution is -2.26. The quantitative estimate of drug-likeness (QED) is 0.171. The minimum absolute atomic E-state index is 0.455. The van der Waals surface area contributed by atoms with E-state index < -0.39 is 5.41 Å². The van der Waals surface area contributed by atoms with Gasteiger partial charge in [0.1, 0.15) is 0 Å². The van der Waals surface area contributed by atoms with Crippen LogP contribution in [0.15, 0.2) is 180 Å². The minimum Gasteiger partial charge on any atom is -0.0888 e. The molecule has 1 spiro atoms. The van der Waals surface area contributed by atoms with E-state index in [1.165, 1.54) is 109 Å². The molecule has 9 aromatic carbocycles. The molecule has 1 heterocycles. The number of rotatable bonds is 1. The van der Waals surface area contributed by atoms with Crippen molar-refractivity contribution in [3.63, 3.8) is 0 Å². The molecule has 0 bridgehead atoms. The Morgan fingerprint density at radius 3 is 1.70 bits per heavy atom. The number of hydrogen-bond donors (Lipinski definition) is 0. The summed E-state index contributed by atoms with van der Waals surface area (Å²) >= 11 is 1.89. The molecule has 12 rings (SSSR count). The molecule has 9 aromatic rings. The Kier molecular flexibility index (Phi) is 5.20. The Labute approximate surface area is 294 Å². The van der Waals surface area contributed by atoms with Gasteiger partial charge < -0.3 is 0 Å². The normalized spacial score (nSPS) is 14.1. The predicted octanol–water partition coefficient (Wildman–Crippen LogP) is 13.3. The van der Waals surface area contributed by atoms with Gasteiger partial charge in [-0.3, -0.25) is 0 Å². The van der Waals surface area contributed by atoms with Gasteiger partial charge in [-0.1, -0.05) is 157 Å². The largest absolute Gasteiger partial charge is 0.0888 e. The zero-order chi connectivity index (χ0) is 32.6. The van der Waals surface area contributed by atoms with Gasteiger partial charge in [-0.15, -0.1) is 0 Å². The first kappa shape index (κ1) is 27.0. The minimum atomic E-state index is -0.455. The summed E-state index contributed by atoms with van der Waals surface area (Å²) in [6, 6.07) is 64.3. The molecule has 0 fully saturated rings. The predicted molar refractivity (Wildman–Crippen MR) is 210 cm³/mol. The van der Waals surface area contributed by atoms with E-state index in [1.807, 2.05) is 11.8 Å². The summed E-state index contributed by atoms with van der Waals surface area (Å²) in [5.74, 6) is 0. The van der Waals surface area contributed by atoms with E-state index in [2.05, 4.69) is 170 Å². The van der Waals surface area contributed by atoms with Crippen LogP contribution in [0.25, 0.3) is 76.8 Å². The van der Waals surface area contributed by atoms with Gasteiger partial charge in [0.15, 0.2) is 0 Å². The molecule has 0 saturated carbocycles. The van der Waals surface area contributed by atoms with E-state index >= 15 is 0 Å². The third kappa shape index (κ3) is 3.29. The van der Waals surface area contributed by atoms with Crippen LogP contribution in [0.5, 0.6) is 0 Å². The highest BCUT2D eigenvalue weighted by atomic mass is 32.2. The summed E-state index contributed by atoms with van der Waals surface area (Å²) in [4.78, 5) is 2.66. The first-order valence-corrected chi connectivity index (χ1v) is 18.2. The van der Waals surface area contributed by atoms with Gasteiger partial charge in [0.25, 0.3) is 0 Å². The average molecular weight is 649 g/mol. The van der Waals surface area contributed by atoms with Gasteiger partial charge in [0, 0.05) is 15.2 Å². The van der Waals surface area contributed by atoms with Crippen molar-refractivity contribution in [2.24, 2.45) is 0 Å². The maximum absolute atomic E-state index is 2.53. The molecule has 0 unspecified atom stereocenters. The fourth-order valence-corrected chi connectivity index (χ4v) is 10.8. The van der Waals surface area contributed by atoms with E-state index in [0.29, 0.717) is 0 Å². The molecule has 50 heavy (non-hydrogen) atoms. The molecule has 3 aliphatic rings. The zero-order valence-corrected chi connectivity index (χ0v) is 27.9. The molecular weight excluding hydrogens is 621 g/mol. The lowest BCUT2D eigenvalue weighted by Gasteiger charge is -2.32. The Morgan fingerprint density at radius 1 is 0.340 bits per heavy atom. The Bertz CT molecular complexity index is 2870. The van der Waals surface area contributed by atoms with Crippen LogP contribution in [0.2, 0.25) is 0 Å². The second kappa shape index (κ2) is 9.63. The van der Waals surface area contributed by atoms with Gasteiger partial charge in [0.05, 0.1) is 5.41 Å². The Hall–Kier alpha value is -5.89. The molecule has 0 N–H and O–H groups in total. The summed E-state index contributed by atoms with van der Waals surface area (Å²) < 4.78 is 0. The van der Waals surface area contributed by atoms with Gasteiger partial charge >= 0.3 is 0 Å². The third-order valence-corrected chi connectivity index (χ3v) is 12.8. The molecular formula is C49H28S. The maximum Gasteiger partial charge on any atom is 0.0737 e. The van der Waals surface area contributed by atoms with Gasteiger partial charge in [-0.25, -0.2) is 0 Å². The first-order chi connectivity index (χ1) is 24.8. The highest BCUT2D eigenvalue weighted by Crippen LogP contribution is 2.65. The second-order valence-corrected chi connectivity index (χ2v) is 15.0. The van der Waals surface area contributed by atoms with Crippen LogP contribution in [0.4, 0.5) is 0 Å². The van der Waals surface area contributed by atoms with Crippen molar-refractivity contribution in [3.8, 4) is 44.5 Å². The number of benzene rings is 9. The maximum atomic E-state index is 2.53. The van der Waals surface area contributed by atoms with Crippen LogP contribution < -0.4 is 0 Å². The Balaban J connectivity index is 1.18. The van der Waals surface area contributed by atoms with Gasteiger partial charge in [-0.2, -0.15) is 0 Å². The van der Waals surface area contributed by atoms with Crippen molar-refractivity contribution in [3.05, 3.63) is 192 Å². The molecule has 0 atom stereocenters. The SMILES string of the molecule is c1ccc2c(c1)-c1ccc(-c3ccc4c(c3)-c3cccc5cccc(c35)S4)cc1C21c2c(ccc3ccccc23)-c2ccc3ccccc3c21. The average Bonchev–Trinajstić information content (AvgIpc) is 3.65. The van der Waals surface area contributed by atoms with Crippen molar-refractivity contribution in [1.29, 1.82) is 0 Å². The van der Waals surface area contributed by atoms with E-state index in [0.717, 1.165) is 0 Å². The van der Waals surface area contributed by atoms with Crippen LogP contribution in [0.3, 0.4) is 0 Å². The first-order valence-electron chi connectivity index (χ1n) is 17.4. The van der Waals surface area contributed by atoms with Crippen LogP contribution in [0.1, 0.15) is 22.3 Å². The highest BCUT2D eigenvalue weighted by molar-refractivity contribution is 7.99. The van der Waals surface area contributed by atoms with E-state index in [-0.39, 0.29) is 0 Å². The molecule has 0 radical (unpaired) electrons. The van der Waals surface area contributed by atoms with Crippen molar-refractivity contribution >= 4 is 44.1 Å². The summed E-state index contributed by atoms with van der Waals surface area (Å²) in [6.45, 7) is 0. The molecule has 230 valence electrons. The summed E-state index contributed by atoms with van der Waals surface area (Å²) in [5, 5.41) is 7.90. The van der Waals surface area contributed by atoms with Crippen LogP contribution in [-0.2, 0) is 5.41 Å². The lowest BCUT2D eigenvalue weighted by atomic mass is 9.68. The van der Waals surface area contributed by atoms with E-state index in [4.69, 9.17) is 0 Å². The van der Waals surface area contributed by atoms with Crippen LogP contribution in [-0.4, -0.2) is 0 Å². The summed E-state index contributed by atoms with van der Waals surface area (Å²) in [7, 11) is 0. The Morgan fingerprint density at radius 2 is 0.920 bits per heavy atom. The summed E-state index contributed by atoms with van der Waals surface area (Å²) in [6.07, 6.45) is 0. The monoisotopic (exact) mass is 648 g/mol. The molecule has 2 aliphatic carbocycles. The molecule has 1 aliphatic heterocycles. The van der Waals surface area contributed by atoms with Gasteiger partial charge in [0.2, 0.25) is 0 Å². The van der Waals surface area contributed by atoms with Crippen molar-refractivity contribution < 1.29 is 0 Å². The molecule has 0 nitrogen and oxygen atoms in total. The summed E-state index contributed by atoms with van der Waals surface area (Å²) in [5.41, 5.74) is 15.6. The smallest absolute Gasteiger partial charge is 0.0737 e.